The van der Waals surface area contributed by atoms with Crippen molar-refractivity contribution < 1.29 is 0 Å². The summed E-state index contributed by atoms with van der Waals surface area (Å²) in [7, 11) is 0. The summed E-state index contributed by atoms with van der Waals surface area (Å²) in [5.74, 6) is 0. The van der Waals surface area contributed by atoms with Crippen LogP contribution in [-0.4, -0.2) is 9.90 Å². The Labute approximate surface area is 86.5 Å². The van der Waals surface area contributed by atoms with Crippen molar-refractivity contribution in [3.05, 3.63) is 36.0 Å². The van der Waals surface area contributed by atoms with Gasteiger partial charge in [-0.05, 0) is 18.6 Å². The quantitative estimate of drug-likeness (QED) is 0.707. The van der Waals surface area contributed by atoms with Crippen LogP contribution in [0.2, 0.25) is 0 Å². The molecule has 0 spiro atoms. The Morgan fingerprint density at radius 2 is 2.08 bits per heavy atom. The molecule has 0 atom stereocenters. The van der Waals surface area contributed by atoms with Crippen LogP contribution in [0, 0.1) is 6.92 Å². The van der Waals surface area contributed by atoms with Gasteiger partial charge in [-0.3, -0.25) is 0 Å². The Morgan fingerprint density at radius 1 is 1.31 bits per heavy atom. The first-order chi connectivity index (χ1) is 6.33. The van der Waals surface area contributed by atoms with Crippen LogP contribution in [0.4, 0.5) is 0 Å². The summed E-state index contributed by atoms with van der Waals surface area (Å²) in [5.41, 5.74) is 2.69. The molecule has 0 bridgehead atoms. The van der Waals surface area contributed by atoms with E-state index in [1.54, 1.807) is 0 Å². The SMILES string of the molecule is Cc1cn(CCBr)c2ccccc12. The fourth-order valence-electron chi connectivity index (χ4n) is 1.71. The first-order valence-electron chi connectivity index (χ1n) is 4.43. The van der Waals surface area contributed by atoms with Gasteiger partial charge in [0, 0.05) is 29.0 Å². The first kappa shape index (κ1) is 8.82. The Bertz CT molecular complexity index is 417. The molecule has 13 heavy (non-hydrogen) atoms. The normalized spacial score (nSPS) is 10.9. The average molecular weight is 238 g/mol. The number of benzene rings is 1. The van der Waals surface area contributed by atoms with Gasteiger partial charge < -0.3 is 4.57 Å². The number of aryl methyl sites for hydroxylation is 2. The van der Waals surface area contributed by atoms with E-state index in [0.29, 0.717) is 0 Å². The number of halogens is 1. The van der Waals surface area contributed by atoms with Gasteiger partial charge >= 0.3 is 0 Å². The smallest absolute Gasteiger partial charge is 0.0483 e. The third-order valence-electron chi connectivity index (χ3n) is 2.31. The molecule has 0 fully saturated rings. The van der Waals surface area contributed by atoms with E-state index < -0.39 is 0 Å². The molecule has 1 heterocycles. The van der Waals surface area contributed by atoms with E-state index >= 15 is 0 Å². The van der Waals surface area contributed by atoms with Crippen molar-refractivity contribution >= 4 is 26.8 Å². The van der Waals surface area contributed by atoms with Crippen LogP contribution in [0.3, 0.4) is 0 Å². The molecule has 0 saturated carbocycles. The zero-order chi connectivity index (χ0) is 9.26. The van der Waals surface area contributed by atoms with E-state index in [2.05, 4.69) is 57.9 Å². The average Bonchev–Trinajstić information content (AvgIpc) is 2.46. The van der Waals surface area contributed by atoms with Gasteiger partial charge in [0.15, 0.2) is 0 Å². The molecule has 0 aliphatic rings. The Kier molecular flexibility index (Phi) is 2.40. The predicted octanol–water partition coefficient (Wildman–Crippen LogP) is 3.34. The fourth-order valence-corrected chi connectivity index (χ4v) is 2.09. The summed E-state index contributed by atoms with van der Waals surface area (Å²) in [4.78, 5) is 0. The molecular formula is C11H12BrN. The van der Waals surface area contributed by atoms with E-state index in [1.165, 1.54) is 16.5 Å². The molecule has 68 valence electrons. The molecule has 0 radical (unpaired) electrons. The third-order valence-corrected chi connectivity index (χ3v) is 2.67. The zero-order valence-electron chi connectivity index (χ0n) is 7.63. The molecule has 1 aromatic heterocycles. The number of fused-ring (bicyclic) bond motifs is 1. The highest BCUT2D eigenvalue weighted by Crippen LogP contribution is 2.20. The van der Waals surface area contributed by atoms with Crippen LogP contribution in [0.15, 0.2) is 30.5 Å². The Balaban J connectivity index is 2.63. The first-order valence-corrected chi connectivity index (χ1v) is 5.55. The topological polar surface area (TPSA) is 4.93 Å². The van der Waals surface area contributed by atoms with Gasteiger partial charge in [0.1, 0.15) is 0 Å². The molecular weight excluding hydrogens is 226 g/mol. The van der Waals surface area contributed by atoms with Gasteiger partial charge in [0.25, 0.3) is 0 Å². The van der Waals surface area contributed by atoms with Gasteiger partial charge in [0.05, 0.1) is 0 Å². The molecule has 0 aliphatic carbocycles. The molecule has 0 saturated heterocycles. The van der Waals surface area contributed by atoms with Gasteiger partial charge in [-0.25, -0.2) is 0 Å². The van der Waals surface area contributed by atoms with Crippen molar-refractivity contribution in [2.24, 2.45) is 0 Å². The number of hydrogen-bond donors (Lipinski definition) is 0. The van der Waals surface area contributed by atoms with Gasteiger partial charge in [-0.15, -0.1) is 0 Å². The summed E-state index contributed by atoms with van der Waals surface area (Å²) in [6.07, 6.45) is 2.21. The monoisotopic (exact) mass is 237 g/mol. The lowest BCUT2D eigenvalue weighted by Crippen LogP contribution is -1.95. The van der Waals surface area contributed by atoms with Gasteiger partial charge in [0.2, 0.25) is 0 Å². The number of para-hydroxylation sites is 1. The van der Waals surface area contributed by atoms with Crippen LogP contribution >= 0.6 is 15.9 Å². The molecule has 0 amide bonds. The standard InChI is InChI=1S/C11H12BrN/c1-9-8-13(7-6-12)11-5-3-2-4-10(9)11/h2-5,8H,6-7H2,1H3. The minimum absolute atomic E-state index is 1.01. The summed E-state index contributed by atoms with van der Waals surface area (Å²) >= 11 is 3.46. The lowest BCUT2D eigenvalue weighted by molar-refractivity contribution is 0.809. The molecule has 2 aromatic rings. The summed E-state index contributed by atoms with van der Waals surface area (Å²) in [5, 5.41) is 2.37. The minimum atomic E-state index is 1.01. The van der Waals surface area contributed by atoms with E-state index in [0.717, 1.165) is 11.9 Å². The second-order valence-electron chi connectivity index (χ2n) is 3.21. The van der Waals surface area contributed by atoms with Crippen LogP contribution in [0.25, 0.3) is 10.9 Å². The molecule has 2 heteroatoms. The van der Waals surface area contributed by atoms with E-state index in [1.807, 2.05) is 0 Å². The Hall–Kier alpha value is -0.760. The largest absolute Gasteiger partial charge is 0.346 e. The van der Waals surface area contributed by atoms with Gasteiger partial charge in [-0.1, -0.05) is 34.1 Å². The lowest BCUT2D eigenvalue weighted by atomic mass is 10.2. The maximum atomic E-state index is 3.46. The lowest BCUT2D eigenvalue weighted by Gasteiger charge is -2.00. The molecule has 2 rings (SSSR count). The molecule has 1 nitrogen and oxygen atoms in total. The molecule has 0 unspecified atom stereocenters. The minimum Gasteiger partial charge on any atom is -0.346 e. The van der Waals surface area contributed by atoms with Crippen LogP contribution in [-0.2, 0) is 6.54 Å². The highest BCUT2D eigenvalue weighted by molar-refractivity contribution is 9.09. The predicted molar refractivity (Wildman–Crippen MR) is 60.5 cm³/mol. The van der Waals surface area contributed by atoms with Crippen LogP contribution in [0.1, 0.15) is 5.56 Å². The molecule has 0 aliphatic heterocycles. The number of hydrogen-bond acceptors (Lipinski definition) is 0. The Morgan fingerprint density at radius 3 is 2.85 bits per heavy atom. The van der Waals surface area contributed by atoms with Crippen molar-refractivity contribution in [2.45, 2.75) is 13.5 Å². The van der Waals surface area contributed by atoms with Crippen LogP contribution in [0.5, 0.6) is 0 Å². The molecule has 1 aromatic carbocycles. The van der Waals surface area contributed by atoms with Gasteiger partial charge in [-0.2, -0.15) is 0 Å². The second-order valence-corrected chi connectivity index (χ2v) is 4.00. The highest BCUT2D eigenvalue weighted by atomic mass is 79.9. The fraction of sp³-hybridized carbons (Fsp3) is 0.273. The van der Waals surface area contributed by atoms with Crippen LogP contribution < -0.4 is 0 Å². The summed E-state index contributed by atoms with van der Waals surface area (Å²) in [6.45, 7) is 3.20. The molecule has 0 N–H and O–H groups in total. The number of alkyl halides is 1. The maximum Gasteiger partial charge on any atom is 0.0483 e. The van der Waals surface area contributed by atoms with E-state index in [-0.39, 0.29) is 0 Å². The van der Waals surface area contributed by atoms with E-state index in [4.69, 9.17) is 0 Å². The van der Waals surface area contributed by atoms with Crippen molar-refractivity contribution in [1.82, 2.24) is 4.57 Å². The van der Waals surface area contributed by atoms with Crippen molar-refractivity contribution in [1.29, 1.82) is 0 Å². The third kappa shape index (κ3) is 1.51. The van der Waals surface area contributed by atoms with Crippen molar-refractivity contribution in [3.63, 3.8) is 0 Å². The number of aromatic nitrogens is 1. The van der Waals surface area contributed by atoms with Crippen molar-refractivity contribution in [2.75, 3.05) is 5.33 Å². The maximum absolute atomic E-state index is 3.46. The zero-order valence-corrected chi connectivity index (χ0v) is 9.21. The van der Waals surface area contributed by atoms with E-state index in [9.17, 15) is 0 Å². The summed E-state index contributed by atoms with van der Waals surface area (Å²) < 4.78 is 2.29. The highest BCUT2D eigenvalue weighted by Gasteiger charge is 2.02. The second kappa shape index (κ2) is 3.54. The van der Waals surface area contributed by atoms with Crippen molar-refractivity contribution in [3.8, 4) is 0 Å². The summed E-state index contributed by atoms with van der Waals surface area (Å²) in [6, 6.07) is 8.53. The number of nitrogens with zero attached hydrogens (tertiary/aromatic N) is 1. The number of rotatable bonds is 2.